The highest BCUT2D eigenvalue weighted by Gasteiger charge is 2.31. The number of β-amino-alcohol motifs (C(OH)–C–C–N with tert-alkyl or cyclic N) is 1. The molecule has 2 N–H and O–H groups in total. The first-order chi connectivity index (χ1) is 12.6. The number of likely N-dealkylation sites (tertiary alicyclic amines) is 1. The maximum Gasteiger partial charge on any atom is 0.253 e. The van der Waals surface area contributed by atoms with Gasteiger partial charge >= 0.3 is 0 Å². The molecule has 2 amide bonds. The minimum Gasteiger partial charge on any atom is -0.389 e. The molecule has 26 heavy (non-hydrogen) atoms. The second kappa shape index (κ2) is 8.62. The third kappa shape index (κ3) is 4.70. The van der Waals surface area contributed by atoms with Crippen LogP contribution in [0.2, 0.25) is 0 Å². The predicted octanol–water partition coefficient (Wildman–Crippen LogP) is 1.06. The van der Waals surface area contributed by atoms with Gasteiger partial charge in [0.15, 0.2) is 0 Å². The van der Waals surface area contributed by atoms with Gasteiger partial charge in [-0.1, -0.05) is 18.2 Å². The Labute approximate surface area is 152 Å². The summed E-state index contributed by atoms with van der Waals surface area (Å²) in [5.74, 6) is -0.160. The van der Waals surface area contributed by atoms with Crippen molar-refractivity contribution in [3.05, 3.63) is 54.6 Å². The highest BCUT2D eigenvalue weighted by Crippen LogP contribution is 2.15. The fourth-order valence-electron chi connectivity index (χ4n) is 3.17. The number of piperidine rings is 1. The minimum absolute atomic E-state index is 0.0722. The SMILES string of the molecule is O=C(CCCn1ccnc1)NC1CCN(C(=O)c2ccccc2)CC1O. The van der Waals surface area contributed by atoms with Crippen molar-refractivity contribution < 1.29 is 14.7 Å². The number of rotatable bonds is 6. The number of nitrogens with zero attached hydrogens (tertiary/aromatic N) is 3. The van der Waals surface area contributed by atoms with Gasteiger partial charge in [0, 0.05) is 44.0 Å². The second-order valence-corrected chi connectivity index (χ2v) is 6.55. The fourth-order valence-corrected chi connectivity index (χ4v) is 3.17. The van der Waals surface area contributed by atoms with Crippen LogP contribution in [0.5, 0.6) is 0 Å². The average Bonchev–Trinajstić information content (AvgIpc) is 3.17. The number of amides is 2. The van der Waals surface area contributed by atoms with Crippen LogP contribution in [-0.2, 0) is 11.3 Å². The summed E-state index contributed by atoms with van der Waals surface area (Å²) >= 11 is 0. The Bertz CT molecular complexity index is 718. The van der Waals surface area contributed by atoms with Crippen molar-refractivity contribution in [1.29, 1.82) is 0 Å². The molecule has 0 aliphatic carbocycles. The molecule has 7 nitrogen and oxygen atoms in total. The molecule has 2 heterocycles. The van der Waals surface area contributed by atoms with Crippen LogP contribution in [0.15, 0.2) is 49.1 Å². The van der Waals surface area contributed by atoms with Crippen LogP contribution in [0, 0.1) is 0 Å². The van der Waals surface area contributed by atoms with Gasteiger partial charge < -0.3 is 19.9 Å². The number of imidazole rings is 1. The Morgan fingerprint density at radius 2 is 2.08 bits per heavy atom. The monoisotopic (exact) mass is 356 g/mol. The normalized spacial score (nSPS) is 20.0. The first-order valence-corrected chi connectivity index (χ1v) is 8.91. The van der Waals surface area contributed by atoms with Gasteiger partial charge in [0.1, 0.15) is 0 Å². The first kappa shape index (κ1) is 18.1. The first-order valence-electron chi connectivity index (χ1n) is 8.91. The Kier molecular flexibility index (Phi) is 6.01. The van der Waals surface area contributed by atoms with Crippen molar-refractivity contribution in [2.45, 2.75) is 38.0 Å². The largest absolute Gasteiger partial charge is 0.389 e. The van der Waals surface area contributed by atoms with E-state index in [2.05, 4.69) is 10.3 Å². The number of nitrogens with one attached hydrogen (secondary N) is 1. The van der Waals surface area contributed by atoms with E-state index in [0.29, 0.717) is 31.4 Å². The summed E-state index contributed by atoms with van der Waals surface area (Å²) in [5, 5.41) is 13.2. The van der Waals surface area contributed by atoms with Crippen molar-refractivity contribution in [2.75, 3.05) is 13.1 Å². The highest BCUT2D eigenvalue weighted by molar-refractivity contribution is 5.94. The van der Waals surface area contributed by atoms with Crippen LogP contribution in [0.1, 0.15) is 29.6 Å². The van der Waals surface area contributed by atoms with Gasteiger partial charge in [-0.3, -0.25) is 9.59 Å². The van der Waals surface area contributed by atoms with E-state index in [1.807, 2.05) is 29.0 Å². The third-order valence-corrected chi connectivity index (χ3v) is 4.62. The molecule has 1 aromatic carbocycles. The van der Waals surface area contributed by atoms with E-state index < -0.39 is 6.10 Å². The van der Waals surface area contributed by atoms with Gasteiger partial charge in [0.05, 0.1) is 18.5 Å². The van der Waals surface area contributed by atoms with Gasteiger partial charge in [0.2, 0.25) is 5.91 Å². The molecule has 1 aromatic heterocycles. The predicted molar refractivity (Wildman–Crippen MR) is 96.4 cm³/mol. The quantitative estimate of drug-likeness (QED) is 0.810. The molecule has 1 aliphatic rings. The molecule has 0 bridgehead atoms. The van der Waals surface area contributed by atoms with Gasteiger partial charge in [-0.05, 0) is 25.0 Å². The fraction of sp³-hybridized carbons (Fsp3) is 0.421. The number of aromatic nitrogens is 2. The van der Waals surface area contributed by atoms with E-state index >= 15 is 0 Å². The molecule has 7 heteroatoms. The van der Waals surface area contributed by atoms with Crippen molar-refractivity contribution in [2.24, 2.45) is 0 Å². The molecule has 1 fully saturated rings. The topological polar surface area (TPSA) is 87.5 Å². The number of aryl methyl sites for hydroxylation is 1. The van der Waals surface area contributed by atoms with Gasteiger partial charge in [0.25, 0.3) is 5.91 Å². The summed E-state index contributed by atoms with van der Waals surface area (Å²) in [6, 6.07) is 8.72. The molecule has 1 aliphatic heterocycles. The van der Waals surface area contributed by atoms with Gasteiger partial charge in [-0.15, -0.1) is 0 Å². The van der Waals surface area contributed by atoms with Crippen molar-refractivity contribution in [3.63, 3.8) is 0 Å². The van der Waals surface area contributed by atoms with E-state index in [4.69, 9.17) is 0 Å². The highest BCUT2D eigenvalue weighted by atomic mass is 16.3. The molecule has 0 spiro atoms. The zero-order valence-electron chi connectivity index (χ0n) is 14.6. The number of benzene rings is 1. The van der Waals surface area contributed by atoms with E-state index in [1.165, 1.54) is 0 Å². The Hall–Kier alpha value is -2.67. The zero-order valence-corrected chi connectivity index (χ0v) is 14.6. The van der Waals surface area contributed by atoms with E-state index in [9.17, 15) is 14.7 Å². The van der Waals surface area contributed by atoms with Gasteiger partial charge in [-0.25, -0.2) is 4.98 Å². The summed E-state index contributed by atoms with van der Waals surface area (Å²) in [6.45, 7) is 1.48. The van der Waals surface area contributed by atoms with E-state index in [0.717, 1.165) is 6.54 Å². The molecule has 0 radical (unpaired) electrons. The number of hydrogen-bond donors (Lipinski definition) is 2. The lowest BCUT2D eigenvalue weighted by molar-refractivity contribution is -0.123. The van der Waals surface area contributed by atoms with Crippen LogP contribution in [-0.4, -0.2) is 56.6 Å². The van der Waals surface area contributed by atoms with Crippen LogP contribution in [0.3, 0.4) is 0 Å². The smallest absolute Gasteiger partial charge is 0.253 e. The standard InChI is InChI=1S/C19H24N4O3/c24-17-13-23(19(26)15-5-2-1-3-6-15)11-8-16(17)21-18(25)7-4-10-22-12-9-20-14-22/h1-3,5-6,9,12,14,16-17,24H,4,7-8,10-11,13H2,(H,21,25). The third-order valence-electron chi connectivity index (χ3n) is 4.62. The maximum atomic E-state index is 12.4. The Morgan fingerprint density at radius 3 is 2.77 bits per heavy atom. The van der Waals surface area contributed by atoms with Crippen molar-refractivity contribution >= 4 is 11.8 Å². The summed E-state index contributed by atoms with van der Waals surface area (Å²) in [6.07, 6.45) is 6.20. The molecule has 0 saturated carbocycles. The number of carbonyl (C=O) groups excluding carboxylic acids is 2. The number of hydrogen-bond acceptors (Lipinski definition) is 4. The molecule has 138 valence electrons. The minimum atomic E-state index is -0.756. The molecule has 2 aromatic rings. The zero-order chi connectivity index (χ0) is 18.4. The molecular formula is C19H24N4O3. The van der Waals surface area contributed by atoms with Crippen LogP contribution < -0.4 is 5.32 Å². The molecule has 2 atom stereocenters. The lowest BCUT2D eigenvalue weighted by atomic mass is 10.0. The van der Waals surface area contributed by atoms with Crippen LogP contribution in [0.4, 0.5) is 0 Å². The van der Waals surface area contributed by atoms with Crippen molar-refractivity contribution in [3.8, 4) is 0 Å². The lowest BCUT2D eigenvalue weighted by Gasteiger charge is -2.36. The summed E-state index contributed by atoms with van der Waals surface area (Å²) in [5.41, 5.74) is 0.613. The molecule has 3 rings (SSSR count). The van der Waals surface area contributed by atoms with Crippen LogP contribution in [0.25, 0.3) is 0 Å². The second-order valence-electron chi connectivity index (χ2n) is 6.55. The van der Waals surface area contributed by atoms with Gasteiger partial charge in [-0.2, -0.15) is 0 Å². The Balaban J connectivity index is 1.43. The lowest BCUT2D eigenvalue weighted by Crippen LogP contribution is -2.55. The molecular weight excluding hydrogens is 332 g/mol. The molecule has 2 unspecified atom stereocenters. The van der Waals surface area contributed by atoms with Crippen molar-refractivity contribution in [1.82, 2.24) is 19.8 Å². The average molecular weight is 356 g/mol. The number of aliphatic hydroxyl groups is 1. The molecule has 1 saturated heterocycles. The number of aliphatic hydroxyl groups excluding tert-OH is 1. The number of carbonyl (C=O) groups is 2. The maximum absolute atomic E-state index is 12.4. The summed E-state index contributed by atoms with van der Waals surface area (Å²) in [7, 11) is 0. The van der Waals surface area contributed by atoms with Crippen LogP contribution >= 0.6 is 0 Å². The summed E-state index contributed by atoms with van der Waals surface area (Å²) < 4.78 is 1.93. The van der Waals surface area contributed by atoms with E-state index in [-0.39, 0.29) is 24.4 Å². The van der Waals surface area contributed by atoms with E-state index in [1.54, 1.807) is 29.6 Å². The Morgan fingerprint density at radius 1 is 1.27 bits per heavy atom. The summed E-state index contributed by atoms with van der Waals surface area (Å²) in [4.78, 5) is 30.1.